The molecular weight excluding hydrogens is 416 g/mol. The molecule has 0 heterocycles. The Morgan fingerprint density at radius 3 is 2.56 bits per heavy atom. The largest absolute Gasteiger partial charge is 0.490 e. The van der Waals surface area contributed by atoms with Gasteiger partial charge in [-0.3, -0.25) is 19.7 Å². The molecule has 9 heteroatoms. The Morgan fingerprint density at radius 1 is 1.28 bits per heavy atom. The third kappa shape index (κ3) is 4.34. The minimum absolute atomic E-state index is 0.00341. The number of nitro groups is 1. The number of benzene rings is 2. The number of nitro benzene ring substituents is 1. The number of amides is 1. The van der Waals surface area contributed by atoms with Gasteiger partial charge in [0, 0.05) is 11.6 Å². The molecule has 0 aliphatic carbocycles. The number of alkyl halides is 1. The van der Waals surface area contributed by atoms with Crippen molar-refractivity contribution in [2.75, 3.05) is 12.4 Å². The normalized spacial score (nSPS) is 11.5. The third-order valence-corrected chi connectivity index (χ3v) is 4.41. The molecule has 0 aliphatic rings. The standard InChI is InChI=1S/C16H12BrClN2O5/c1-25-13-7-6-9(8-12(13)20(23)24)15(21)14(17)16(22)19-11-5-3-2-4-10(11)18/h2-8,14H,1H3,(H,19,22). The van der Waals surface area contributed by atoms with Crippen LogP contribution in [-0.2, 0) is 4.79 Å². The van der Waals surface area contributed by atoms with Crippen LogP contribution >= 0.6 is 27.5 Å². The minimum atomic E-state index is -1.24. The van der Waals surface area contributed by atoms with Crippen molar-refractivity contribution in [3.05, 3.63) is 63.2 Å². The number of hydrogen-bond donors (Lipinski definition) is 1. The molecule has 2 aromatic rings. The van der Waals surface area contributed by atoms with Gasteiger partial charge in [-0.05, 0) is 24.3 Å². The number of nitrogens with one attached hydrogen (secondary N) is 1. The van der Waals surface area contributed by atoms with E-state index in [2.05, 4.69) is 21.2 Å². The summed E-state index contributed by atoms with van der Waals surface area (Å²) in [7, 11) is 1.29. The van der Waals surface area contributed by atoms with E-state index in [1.54, 1.807) is 24.3 Å². The van der Waals surface area contributed by atoms with Crippen LogP contribution < -0.4 is 10.1 Å². The lowest BCUT2D eigenvalue weighted by Gasteiger charge is -2.11. The van der Waals surface area contributed by atoms with Crippen molar-refractivity contribution < 1.29 is 19.2 Å². The first-order valence-corrected chi connectivity index (χ1v) is 8.20. The topological polar surface area (TPSA) is 98.5 Å². The summed E-state index contributed by atoms with van der Waals surface area (Å²) in [4.78, 5) is 33.8. The highest BCUT2D eigenvalue weighted by Gasteiger charge is 2.27. The monoisotopic (exact) mass is 426 g/mol. The number of anilines is 1. The summed E-state index contributed by atoms with van der Waals surface area (Å²) in [6.07, 6.45) is 0. The van der Waals surface area contributed by atoms with E-state index in [0.717, 1.165) is 6.07 Å². The van der Waals surface area contributed by atoms with Gasteiger partial charge in [0.25, 0.3) is 0 Å². The average molecular weight is 428 g/mol. The quantitative estimate of drug-likeness (QED) is 0.248. The number of hydrogen-bond acceptors (Lipinski definition) is 5. The molecule has 0 saturated carbocycles. The van der Waals surface area contributed by atoms with Gasteiger partial charge in [-0.2, -0.15) is 0 Å². The SMILES string of the molecule is COc1ccc(C(=O)C(Br)C(=O)Nc2ccccc2Cl)cc1[N+](=O)[O-]. The number of methoxy groups -OCH3 is 1. The molecule has 25 heavy (non-hydrogen) atoms. The van der Waals surface area contributed by atoms with Crippen molar-refractivity contribution in [2.24, 2.45) is 0 Å². The number of Topliss-reactive ketones (excluding diaryl/α,β-unsaturated/α-hetero) is 1. The lowest BCUT2D eigenvalue weighted by Crippen LogP contribution is -2.30. The number of carbonyl (C=O) groups excluding carboxylic acids is 2. The smallest absolute Gasteiger partial charge is 0.311 e. The van der Waals surface area contributed by atoms with Crippen LogP contribution in [0.2, 0.25) is 5.02 Å². The van der Waals surface area contributed by atoms with E-state index < -0.39 is 21.4 Å². The first-order chi connectivity index (χ1) is 11.8. The number of nitrogens with zero attached hydrogens (tertiary/aromatic N) is 1. The molecule has 1 unspecified atom stereocenters. The van der Waals surface area contributed by atoms with E-state index in [9.17, 15) is 19.7 Å². The highest BCUT2D eigenvalue weighted by molar-refractivity contribution is 9.10. The molecule has 1 N–H and O–H groups in total. The second-order valence-electron chi connectivity index (χ2n) is 4.84. The maximum Gasteiger partial charge on any atom is 0.311 e. The van der Waals surface area contributed by atoms with Crippen molar-refractivity contribution in [1.29, 1.82) is 0 Å². The van der Waals surface area contributed by atoms with Crippen molar-refractivity contribution in [3.8, 4) is 5.75 Å². The highest BCUT2D eigenvalue weighted by Crippen LogP contribution is 2.29. The number of para-hydroxylation sites is 1. The van der Waals surface area contributed by atoms with Crippen molar-refractivity contribution in [2.45, 2.75) is 4.83 Å². The second kappa shape index (κ2) is 8.09. The van der Waals surface area contributed by atoms with Crippen LogP contribution in [0.1, 0.15) is 10.4 Å². The Hall–Kier alpha value is -2.45. The molecule has 7 nitrogen and oxygen atoms in total. The van der Waals surface area contributed by atoms with E-state index in [-0.39, 0.29) is 17.0 Å². The minimum Gasteiger partial charge on any atom is -0.490 e. The van der Waals surface area contributed by atoms with Gasteiger partial charge in [-0.15, -0.1) is 0 Å². The fraction of sp³-hybridized carbons (Fsp3) is 0.125. The van der Waals surface area contributed by atoms with E-state index in [0.29, 0.717) is 10.7 Å². The van der Waals surface area contributed by atoms with Crippen LogP contribution in [0.25, 0.3) is 0 Å². The molecule has 1 amide bonds. The summed E-state index contributed by atoms with van der Waals surface area (Å²) >= 11 is 8.97. The Kier molecular flexibility index (Phi) is 6.11. The highest BCUT2D eigenvalue weighted by atomic mass is 79.9. The zero-order valence-electron chi connectivity index (χ0n) is 12.9. The molecule has 0 aliphatic heterocycles. The summed E-state index contributed by atoms with van der Waals surface area (Å²) < 4.78 is 4.88. The van der Waals surface area contributed by atoms with Crippen molar-refractivity contribution in [3.63, 3.8) is 0 Å². The van der Waals surface area contributed by atoms with Crippen molar-refractivity contribution in [1.82, 2.24) is 0 Å². The lowest BCUT2D eigenvalue weighted by molar-refractivity contribution is -0.385. The Labute approximate surface area is 156 Å². The first kappa shape index (κ1) is 18.9. The van der Waals surface area contributed by atoms with Gasteiger partial charge < -0.3 is 10.1 Å². The Bertz CT molecular complexity index is 843. The molecular formula is C16H12BrClN2O5. The predicted molar refractivity (Wildman–Crippen MR) is 96.8 cm³/mol. The number of carbonyl (C=O) groups is 2. The van der Waals surface area contributed by atoms with Gasteiger partial charge in [-0.25, -0.2) is 0 Å². The Morgan fingerprint density at radius 2 is 1.96 bits per heavy atom. The maximum atomic E-state index is 12.4. The van der Waals surface area contributed by atoms with Gasteiger partial charge >= 0.3 is 5.69 Å². The molecule has 2 aromatic carbocycles. The molecule has 0 fully saturated rings. The van der Waals surface area contributed by atoms with Gasteiger partial charge in [0.15, 0.2) is 16.4 Å². The van der Waals surface area contributed by atoms with E-state index in [1.165, 1.54) is 19.2 Å². The summed E-state index contributed by atoms with van der Waals surface area (Å²) in [6.45, 7) is 0. The fourth-order valence-electron chi connectivity index (χ4n) is 2.01. The van der Waals surface area contributed by atoms with E-state index in [4.69, 9.17) is 16.3 Å². The first-order valence-electron chi connectivity index (χ1n) is 6.91. The van der Waals surface area contributed by atoms with E-state index >= 15 is 0 Å². The Balaban J connectivity index is 2.22. The zero-order valence-corrected chi connectivity index (χ0v) is 15.2. The van der Waals surface area contributed by atoms with E-state index in [1.807, 2.05) is 0 Å². The number of ether oxygens (including phenoxy) is 1. The molecule has 1 atom stereocenters. The van der Waals surface area contributed by atoms with Gasteiger partial charge in [0.1, 0.15) is 0 Å². The van der Waals surface area contributed by atoms with Crippen LogP contribution in [0, 0.1) is 10.1 Å². The molecule has 130 valence electrons. The molecule has 2 rings (SSSR count). The second-order valence-corrected chi connectivity index (χ2v) is 6.16. The summed E-state index contributed by atoms with van der Waals surface area (Å²) in [6, 6.07) is 10.3. The van der Waals surface area contributed by atoms with Crippen LogP contribution in [0.3, 0.4) is 0 Å². The average Bonchev–Trinajstić information content (AvgIpc) is 2.61. The summed E-state index contributed by atoms with van der Waals surface area (Å²) in [5, 5.41) is 13.9. The third-order valence-electron chi connectivity index (χ3n) is 3.25. The predicted octanol–water partition coefficient (Wildman–Crippen LogP) is 3.84. The molecule has 0 bridgehead atoms. The molecule has 0 radical (unpaired) electrons. The van der Waals surface area contributed by atoms with Crippen LogP contribution in [-0.4, -0.2) is 28.6 Å². The van der Waals surface area contributed by atoms with Crippen LogP contribution in [0.5, 0.6) is 5.75 Å². The molecule has 0 aromatic heterocycles. The number of rotatable bonds is 6. The summed E-state index contributed by atoms with van der Waals surface area (Å²) in [5.74, 6) is -1.25. The molecule has 0 spiro atoms. The van der Waals surface area contributed by atoms with Crippen molar-refractivity contribution >= 4 is 50.6 Å². The van der Waals surface area contributed by atoms with Gasteiger partial charge in [0.2, 0.25) is 5.91 Å². The maximum absolute atomic E-state index is 12.4. The van der Waals surface area contributed by atoms with Gasteiger partial charge in [0.05, 0.1) is 22.7 Å². The fourth-order valence-corrected chi connectivity index (χ4v) is 2.57. The number of ketones is 1. The van der Waals surface area contributed by atoms with Crippen LogP contribution in [0.15, 0.2) is 42.5 Å². The zero-order chi connectivity index (χ0) is 18.6. The van der Waals surface area contributed by atoms with Gasteiger partial charge in [-0.1, -0.05) is 39.7 Å². The lowest BCUT2D eigenvalue weighted by atomic mass is 10.1. The summed E-state index contributed by atoms with van der Waals surface area (Å²) in [5.41, 5.74) is -0.00428. The van der Waals surface area contributed by atoms with Crippen LogP contribution in [0.4, 0.5) is 11.4 Å². The number of halogens is 2. The molecule has 0 saturated heterocycles.